The van der Waals surface area contributed by atoms with Gasteiger partial charge in [-0.05, 0) is 30.9 Å². The van der Waals surface area contributed by atoms with Gasteiger partial charge in [0, 0.05) is 24.8 Å². The van der Waals surface area contributed by atoms with Crippen molar-refractivity contribution in [3.63, 3.8) is 0 Å². The lowest BCUT2D eigenvalue weighted by Crippen LogP contribution is -2.29. The summed E-state index contributed by atoms with van der Waals surface area (Å²) in [5, 5.41) is 0. The van der Waals surface area contributed by atoms with Crippen molar-refractivity contribution in [1.82, 2.24) is 0 Å². The summed E-state index contributed by atoms with van der Waals surface area (Å²) >= 11 is 0. The molecule has 0 aromatic heterocycles. The molecule has 0 saturated carbocycles. The highest BCUT2D eigenvalue weighted by Gasteiger charge is 2.28. The lowest BCUT2D eigenvalue weighted by Gasteiger charge is -2.28. The van der Waals surface area contributed by atoms with Crippen LogP contribution in [0.2, 0.25) is 0 Å². The predicted octanol–water partition coefficient (Wildman–Crippen LogP) is 2.95. The first-order valence-corrected chi connectivity index (χ1v) is 5.58. The molecule has 0 unspecified atom stereocenters. The molecule has 1 saturated heterocycles. The zero-order valence-corrected chi connectivity index (χ0v) is 10.5. The van der Waals surface area contributed by atoms with E-state index in [9.17, 15) is 13.2 Å². The quantitative estimate of drug-likeness (QED) is 0.846. The van der Waals surface area contributed by atoms with E-state index in [1.807, 2.05) is 0 Å². The van der Waals surface area contributed by atoms with E-state index >= 15 is 0 Å². The van der Waals surface area contributed by atoms with E-state index in [0.717, 1.165) is 12.1 Å². The fourth-order valence-electron chi connectivity index (χ4n) is 2.16. The fraction of sp³-hybridized carbons (Fsp3) is 0.500. The molecule has 6 heteroatoms. The van der Waals surface area contributed by atoms with Crippen LogP contribution < -0.4 is 5.73 Å². The van der Waals surface area contributed by atoms with Crippen molar-refractivity contribution in [2.45, 2.75) is 18.9 Å². The molecule has 102 valence electrons. The second-order valence-electron chi connectivity index (χ2n) is 4.23. The molecule has 0 bridgehead atoms. The first-order chi connectivity index (χ1) is 8.11. The van der Waals surface area contributed by atoms with E-state index in [0.29, 0.717) is 26.1 Å². The zero-order chi connectivity index (χ0) is 12.4. The highest BCUT2D eigenvalue weighted by Crippen LogP contribution is 2.31. The third kappa shape index (κ3) is 2.96. The van der Waals surface area contributed by atoms with Crippen LogP contribution >= 0.6 is 12.4 Å². The highest BCUT2D eigenvalue weighted by atomic mass is 35.5. The van der Waals surface area contributed by atoms with Crippen molar-refractivity contribution in [3.8, 4) is 0 Å². The molecule has 0 amide bonds. The standard InChI is InChI=1S/C12H14F3NO.ClH/c13-8-1-2-9(14)11(15)10(8)12(16)7-3-5-17-6-4-7;/h1-2,7,12H,3-6,16H2;1H/t12-;/m0./s1. The van der Waals surface area contributed by atoms with E-state index in [2.05, 4.69) is 0 Å². The van der Waals surface area contributed by atoms with Crippen molar-refractivity contribution in [2.24, 2.45) is 11.7 Å². The number of ether oxygens (including phenoxy) is 1. The number of halogens is 4. The maximum absolute atomic E-state index is 13.5. The molecule has 2 rings (SSSR count). The molecule has 1 aromatic rings. The van der Waals surface area contributed by atoms with Gasteiger partial charge in [-0.1, -0.05) is 0 Å². The van der Waals surface area contributed by atoms with Crippen LogP contribution in [0.5, 0.6) is 0 Å². The van der Waals surface area contributed by atoms with Crippen molar-refractivity contribution < 1.29 is 17.9 Å². The average molecular weight is 282 g/mol. The van der Waals surface area contributed by atoms with Gasteiger partial charge in [-0.2, -0.15) is 0 Å². The van der Waals surface area contributed by atoms with Crippen LogP contribution in [0.25, 0.3) is 0 Å². The van der Waals surface area contributed by atoms with Crippen LogP contribution in [-0.2, 0) is 4.74 Å². The zero-order valence-electron chi connectivity index (χ0n) is 9.67. The summed E-state index contributed by atoms with van der Waals surface area (Å²) in [6.45, 7) is 1.05. The summed E-state index contributed by atoms with van der Waals surface area (Å²) < 4.78 is 45.3. The summed E-state index contributed by atoms with van der Waals surface area (Å²) in [5.41, 5.74) is 5.49. The Morgan fingerprint density at radius 3 is 2.28 bits per heavy atom. The Labute approximate surface area is 110 Å². The Balaban J connectivity index is 0.00000162. The van der Waals surface area contributed by atoms with Crippen LogP contribution in [-0.4, -0.2) is 13.2 Å². The lowest BCUT2D eigenvalue weighted by atomic mass is 9.87. The van der Waals surface area contributed by atoms with E-state index in [4.69, 9.17) is 10.5 Å². The Bertz CT molecular complexity index is 411. The van der Waals surface area contributed by atoms with Crippen molar-refractivity contribution in [2.75, 3.05) is 13.2 Å². The number of hydrogen-bond donors (Lipinski definition) is 1. The minimum atomic E-state index is -1.18. The van der Waals surface area contributed by atoms with Crippen molar-refractivity contribution in [3.05, 3.63) is 35.1 Å². The molecule has 1 aliphatic rings. The molecular weight excluding hydrogens is 267 g/mol. The predicted molar refractivity (Wildman–Crippen MR) is 64.0 cm³/mol. The molecule has 0 spiro atoms. The van der Waals surface area contributed by atoms with Gasteiger partial charge in [-0.15, -0.1) is 12.4 Å². The normalized spacial score (nSPS) is 18.2. The smallest absolute Gasteiger partial charge is 0.166 e. The van der Waals surface area contributed by atoms with Crippen LogP contribution in [0.15, 0.2) is 12.1 Å². The maximum atomic E-state index is 13.5. The Kier molecular flexibility index (Phi) is 5.44. The van der Waals surface area contributed by atoms with Gasteiger partial charge in [0.2, 0.25) is 0 Å². The minimum Gasteiger partial charge on any atom is -0.381 e. The molecule has 2 nitrogen and oxygen atoms in total. The van der Waals surface area contributed by atoms with Gasteiger partial charge in [0.25, 0.3) is 0 Å². The highest BCUT2D eigenvalue weighted by molar-refractivity contribution is 5.85. The van der Waals surface area contributed by atoms with Crippen molar-refractivity contribution in [1.29, 1.82) is 0 Å². The molecule has 0 radical (unpaired) electrons. The van der Waals surface area contributed by atoms with Gasteiger partial charge in [-0.25, -0.2) is 13.2 Å². The second-order valence-corrected chi connectivity index (χ2v) is 4.23. The average Bonchev–Trinajstić information content (AvgIpc) is 2.35. The van der Waals surface area contributed by atoms with Gasteiger partial charge in [0.1, 0.15) is 5.82 Å². The van der Waals surface area contributed by atoms with E-state index in [-0.39, 0.29) is 23.9 Å². The summed E-state index contributed by atoms with van der Waals surface area (Å²) in [7, 11) is 0. The van der Waals surface area contributed by atoms with Crippen LogP contribution in [0.1, 0.15) is 24.4 Å². The van der Waals surface area contributed by atoms with Gasteiger partial charge in [-0.3, -0.25) is 0 Å². The van der Waals surface area contributed by atoms with Crippen LogP contribution in [0.4, 0.5) is 13.2 Å². The molecule has 1 aromatic carbocycles. The molecule has 1 heterocycles. The van der Waals surface area contributed by atoms with Gasteiger partial charge in [0.05, 0.1) is 0 Å². The van der Waals surface area contributed by atoms with Gasteiger partial charge in [0.15, 0.2) is 11.6 Å². The third-order valence-corrected chi connectivity index (χ3v) is 3.19. The largest absolute Gasteiger partial charge is 0.381 e. The lowest BCUT2D eigenvalue weighted by molar-refractivity contribution is 0.0575. The SMILES string of the molecule is Cl.N[C@H](c1c(F)ccc(F)c1F)C1CCOCC1. The monoisotopic (exact) mass is 281 g/mol. The third-order valence-electron chi connectivity index (χ3n) is 3.19. The number of nitrogens with two attached hydrogens (primary N) is 1. The molecule has 2 N–H and O–H groups in total. The number of hydrogen-bond acceptors (Lipinski definition) is 2. The second kappa shape index (κ2) is 6.41. The van der Waals surface area contributed by atoms with Crippen LogP contribution in [0, 0.1) is 23.4 Å². The first-order valence-electron chi connectivity index (χ1n) is 5.58. The maximum Gasteiger partial charge on any atom is 0.166 e. The first kappa shape index (κ1) is 15.3. The van der Waals surface area contributed by atoms with E-state index < -0.39 is 23.5 Å². The van der Waals surface area contributed by atoms with Crippen molar-refractivity contribution >= 4 is 12.4 Å². The Morgan fingerprint density at radius 2 is 1.67 bits per heavy atom. The molecule has 1 atom stereocenters. The number of rotatable bonds is 2. The molecule has 18 heavy (non-hydrogen) atoms. The molecule has 1 aliphatic heterocycles. The molecule has 0 aliphatic carbocycles. The minimum absolute atomic E-state index is 0. The van der Waals surface area contributed by atoms with E-state index in [1.54, 1.807) is 0 Å². The summed E-state index contributed by atoms with van der Waals surface area (Å²) in [5.74, 6) is -3.11. The Hall–Kier alpha value is -0.780. The summed E-state index contributed by atoms with van der Waals surface area (Å²) in [4.78, 5) is 0. The fourth-order valence-corrected chi connectivity index (χ4v) is 2.16. The summed E-state index contributed by atoms with van der Waals surface area (Å²) in [6, 6.07) is 0.854. The molecular formula is C12H15ClF3NO. The molecule has 1 fully saturated rings. The number of benzene rings is 1. The van der Waals surface area contributed by atoms with Gasteiger partial charge < -0.3 is 10.5 Å². The van der Waals surface area contributed by atoms with E-state index in [1.165, 1.54) is 0 Å². The van der Waals surface area contributed by atoms with Gasteiger partial charge >= 0.3 is 0 Å². The van der Waals surface area contributed by atoms with Crippen LogP contribution in [0.3, 0.4) is 0 Å². The summed E-state index contributed by atoms with van der Waals surface area (Å²) in [6.07, 6.45) is 1.27. The Morgan fingerprint density at radius 1 is 1.11 bits per heavy atom. The topological polar surface area (TPSA) is 35.2 Å².